The first-order valence-corrected chi connectivity index (χ1v) is 13.4. The summed E-state index contributed by atoms with van der Waals surface area (Å²) in [5.74, 6) is 0.455. The largest absolute Gasteiger partial charge is 0.382 e. The summed E-state index contributed by atoms with van der Waals surface area (Å²) in [4.78, 5) is 14.0. The molecule has 2 aromatic rings. The maximum absolute atomic E-state index is 13.2. The van der Waals surface area contributed by atoms with E-state index in [0.717, 1.165) is 17.2 Å². The highest BCUT2D eigenvalue weighted by atomic mass is 32.2. The van der Waals surface area contributed by atoms with E-state index < -0.39 is 26.4 Å². The Labute approximate surface area is 180 Å². The van der Waals surface area contributed by atoms with E-state index >= 15 is 0 Å². The third-order valence-corrected chi connectivity index (χ3v) is 10.7. The summed E-state index contributed by atoms with van der Waals surface area (Å²) in [5.41, 5.74) is -1.13. The smallest absolute Gasteiger partial charge is 0.310 e. The van der Waals surface area contributed by atoms with Crippen molar-refractivity contribution in [3.8, 4) is 5.75 Å². The molecule has 2 saturated carbocycles. The Kier molecular flexibility index (Phi) is 4.46. The number of allylic oxidation sites excluding steroid dienone is 2. The third-order valence-electron chi connectivity index (χ3n) is 7.52. The van der Waals surface area contributed by atoms with Gasteiger partial charge in [-0.3, -0.25) is 4.79 Å². The molecule has 1 heterocycles. The van der Waals surface area contributed by atoms with Crippen LogP contribution in [0.4, 0.5) is 0 Å². The first kappa shape index (κ1) is 19.9. The summed E-state index contributed by atoms with van der Waals surface area (Å²) in [7, 11) is -4.46. The molecule has 0 saturated heterocycles. The zero-order chi connectivity index (χ0) is 21.1. The number of hydrogen-bond acceptors (Lipinski definition) is 4. The zero-order valence-corrected chi connectivity index (χ0v) is 18.9. The van der Waals surface area contributed by atoms with E-state index in [1.165, 1.54) is 4.90 Å². The minimum absolute atomic E-state index is 0.0822. The molecule has 4 nitrogen and oxygen atoms in total. The number of Topliss-reactive ketones (excluding diaryl/α,β-unsaturated/α-hetero) is 1. The Bertz CT molecular complexity index is 1200. The summed E-state index contributed by atoms with van der Waals surface area (Å²) in [6.07, 6.45) is 6.13. The van der Waals surface area contributed by atoms with Gasteiger partial charge < -0.3 is 4.18 Å². The predicted octanol–water partition coefficient (Wildman–Crippen LogP) is 5.34. The SMILES string of the molecule is CC1(C)C2CCC1(CS(=O)(=O)Oc1ccc([SH]3C=CC=C3)c3ccccc13)C(=O)C2. The minimum atomic E-state index is -3.93. The van der Waals surface area contributed by atoms with E-state index in [9.17, 15) is 13.2 Å². The van der Waals surface area contributed by atoms with E-state index in [1.807, 2.05) is 56.3 Å². The van der Waals surface area contributed by atoms with Crippen molar-refractivity contribution in [3.63, 3.8) is 0 Å². The van der Waals surface area contributed by atoms with Gasteiger partial charge in [-0.15, -0.1) is 0 Å². The highest BCUT2D eigenvalue weighted by molar-refractivity contribution is 8.22. The van der Waals surface area contributed by atoms with Gasteiger partial charge in [0.05, 0.1) is 11.2 Å². The van der Waals surface area contributed by atoms with Crippen LogP contribution in [0.3, 0.4) is 0 Å². The molecule has 30 heavy (non-hydrogen) atoms. The van der Waals surface area contributed by atoms with Crippen LogP contribution in [-0.4, -0.2) is 20.0 Å². The Hall–Kier alpha value is -2.05. The van der Waals surface area contributed by atoms with E-state index in [2.05, 4.69) is 10.8 Å². The standard InChI is InChI=1S/C24H26O4S2/c1-23(2)17-11-12-24(23,22(25)15-17)16-30(26,27)28-20-9-10-21(29-13-5-6-14-29)19-8-4-3-7-18(19)20/h3-10,13-14,17,29H,11-12,15-16H2,1-2H3. The lowest BCUT2D eigenvalue weighted by Crippen LogP contribution is -2.43. The van der Waals surface area contributed by atoms with Crippen LogP contribution in [0.25, 0.3) is 10.8 Å². The van der Waals surface area contributed by atoms with Crippen LogP contribution in [0.15, 0.2) is 64.3 Å². The van der Waals surface area contributed by atoms with Crippen molar-refractivity contribution in [3.05, 3.63) is 59.4 Å². The third kappa shape index (κ3) is 2.88. The van der Waals surface area contributed by atoms with Crippen molar-refractivity contribution in [2.24, 2.45) is 16.7 Å². The predicted molar refractivity (Wildman–Crippen MR) is 122 cm³/mol. The molecule has 0 radical (unpaired) electrons. The summed E-state index contributed by atoms with van der Waals surface area (Å²) >= 11 is 0. The molecule has 2 aromatic carbocycles. The summed E-state index contributed by atoms with van der Waals surface area (Å²) < 4.78 is 32.0. The summed E-state index contributed by atoms with van der Waals surface area (Å²) in [6.45, 7) is 4.08. The number of thiol groups is 1. The van der Waals surface area contributed by atoms with Crippen LogP contribution < -0.4 is 4.18 Å². The second kappa shape index (κ2) is 6.72. The first-order valence-electron chi connectivity index (χ1n) is 10.3. The maximum atomic E-state index is 13.2. The molecule has 5 rings (SSSR count). The van der Waals surface area contributed by atoms with Crippen LogP contribution in [0.1, 0.15) is 33.1 Å². The van der Waals surface area contributed by atoms with E-state index in [-0.39, 0.29) is 22.9 Å². The molecule has 1 aliphatic heterocycles. The molecular weight excluding hydrogens is 416 g/mol. The molecule has 6 heteroatoms. The van der Waals surface area contributed by atoms with E-state index in [0.29, 0.717) is 18.6 Å². The first-order chi connectivity index (χ1) is 14.2. The topological polar surface area (TPSA) is 60.4 Å². The van der Waals surface area contributed by atoms with Crippen molar-refractivity contribution in [2.75, 3.05) is 5.75 Å². The minimum Gasteiger partial charge on any atom is -0.382 e. The van der Waals surface area contributed by atoms with Crippen molar-refractivity contribution < 1.29 is 17.4 Å². The van der Waals surface area contributed by atoms with Gasteiger partial charge in [0.25, 0.3) is 0 Å². The lowest BCUT2D eigenvalue weighted by Gasteiger charge is -2.35. The van der Waals surface area contributed by atoms with Gasteiger partial charge >= 0.3 is 10.1 Å². The number of carbonyl (C=O) groups excluding carboxylic acids is 1. The van der Waals surface area contributed by atoms with Crippen molar-refractivity contribution in [1.29, 1.82) is 0 Å². The van der Waals surface area contributed by atoms with Crippen LogP contribution in [0.2, 0.25) is 0 Å². The van der Waals surface area contributed by atoms with Crippen molar-refractivity contribution >= 4 is 37.6 Å². The van der Waals surface area contributed by atoms with Crippen LogP contribution in [0.5, 0.6) is 5.75 Å². The van der Waals surface area contributed by atoms with E-state index in [4.69, 9.17) is 4.18 Å². The molecule has 0 N–H and O–H groups in total. The molecule has 158 valence electrons. The highest BCUT2D eigenvalue weighted by Crippen LogP contribution is 2.64. The highest BCUT2D eigenvalue weighted by Gasteiger charge is 2.65. The molecule has 2 aliphatic carbocycles. The Morgan fingerprint density at radius 1 is 1.07 bits per heavy atom. The Morgan fingerprint density at radius 3 is 2.40 bits per heavy atom. The maximum Gasteiger partial charge on any atom is 0.310 e. The molecule has 0 aromatic heterocycles. The van der Waals surface area contributed by atoms with Gasteiger partial charge in [0.1, 0.15) is 5.78 Å². The Balaban J connectivity index is 1.50. The van der Waals surface area contributed by atoms with Gasteiger partial charge in [-0.05, 0) is 52.5 Å². The lowest BCUT2D eigenvalue weighted by molar-refractivity contribution is -0.128. The monoisotopic (exact) mass is 442 g/mol. The van der Waals surface area contributed by atoms with Crippen molar-refractivity contribution in [2.45, 2.75) is 38.0 Å². The number of ketones is 1. The second-order valence-corrected chi connectivity index (χ2v) is 12.6. The van der Waals surface area contributed by atoms with Crippen LogP contribution in [-0.2, 0) is 14.9 Å². The zero-order valence-electron chi connectivity index (χ0n) is 17.2. The van der Waals surface area contributed by atoms with Crippen LogP contribution >= 0.6 is 10.9 Å². The van der Waals surface area contributed by atoms with Gasteiger partial charge in [0.15, 0.2) is 5.75 Å². The quantitative estimate of drug-likeness (QED) is 0.501. The average molecular weight is 443 g/mol. The molecule has 3 aliphatic rings. The molecule has 0 amide bonds. The molecule has 0 spiro atoms. The summed E-state index contributed by atoms with van der Waals surface area (Å²) in [5, 5.41) is 6.15. The average Bonchev–Trinajstić information content (AvgIpc) is 3.35. The van der Waals surface area contributed by atoms with Gasteiger partial charge in [0.2, 0.25) is 0 Å². The van der Waals surface area contributed by atoms with E-state index in [1.54, 1.807) is 6.07 Å². The molecule has 2 fully saturated rings. The number of benzene rings is 2. The number of fused-ring (bicyclic) bond motifs is 3. The molecule has 2 atom stereocenters. The fourth-order valence-electron chi connectivity index (χ4n) is 5.62. The molecular formula is C24H26O4S2. The number of hydrogen-bond donors (Lipinski definition) is 1. The fourth-order valence-corrected chi connectivity index (χ4v) is 9.09. The number of rotatable bonds is 5. The molecule has 2 bridgehead atoms. The van der Waals surface area contributed by atoms with Crippen LogP contribution in [0, 0.1) is 16.7 Å². The van der Waals surface area contributed by atoms with Gasteiger partial charge in [0, 0.05) is 16.7 Å². The van der Waals surface area contributed by atoms with Gasteiger partial charge in [-0.1, -0.05) is 50.3 Å². The molecule has 2 unspecified atom stereocenters. The lowest BCUT2D eigenvalue weighted by atomic mass is 9.70. The normalized spacial score (nSPS) is 28.0. The summed E-state index contributed by atoms with van der Waals surface area (Å²) in [6, 6.07) is 11.5. The fraction of sp³-hybridized carbons (Fsp3) is 0.375. The van der Waals surface area contributed by atoms with Gasteiger partial charge in [-0.25, -0.2) is 0 Å². The van der Waals surface area contributed by atoms with Crippen molar-refractivity contribution in [1.82, 2.24) is 0 Å². The number of carbonyl (C=O) groups is 1. The van der Waals surface area contributed by atoms with Gasteiger partial charge in [-0.2, -0.15) is 19.3 Å². The Morgan fingerprint density at radius 2 is 1.77 bits per heavy atom. The second-order valence-electron chi connectivity index (χ2n) is 9.17.